The fourth-order valence-electron chi connectivity index (χ4n) is 2.28. The Kier molecular flexibility index (Phi) is 7.49. The van der Waals surface area contributed by atoms with Crippen molar-refractivity contribution in [1.29, 1.82) is 0 Å². The molecule has 9 heteroatoms. The first-order valence-corrected chi connectivity index (χ1v) is 10.3. The molecule has 2 rings (SSSR count). The maximum atomic E-state index is 12.6. The van der Waals surface area contributed by atoms with E-state index in [1.807, 2.05) is 0 Å². The van der Waals surface area contributed by atoms with Gasteiger partial charge in [0.25, 0.3) is 10.0 Å². The molecule has 2 aromatic carbocycles. The number of hydrogen-bond acceptors (Lipinski definition) is 4. The number of carbonyl (C=O) groups is 1. The molecular formula is C18H20Cl2N2O4S. The van der Waals surface area contributed by atoms with Crippen LogP contribution in [-0.2, 0) is 26.0 Å². The lowest BCUT2D eigenvalue weighted by atomic mass is 10.1. The molecular weight excluding hydrogens is 411 g/mol. The molecule has 0 bridgehead atoms. The van der Waals surface area contributed by atoms with E-state index in [0.717, 1.165) is 5.56 Å². The summed E-state index contributed by atoms with van der Waals surface area (Å²) < 4.78 is 32.5. The van der Waals surface area contributed by atoms with E-state index in [0.29, 0.717) is 29.4 Å². The summed E-state index contributed by atoms with van der Waals surface area (Å²) in [6.45, 7) is 2.58. The molecule has 0 radical (unpaired) electrons. The maximum Gasteiger partial charge on any atom is 0.263 e. The van der Waals surface area contributed by atoms with Gasteiger partial charge in [-0.25, -0.2) is 8.42 Å². The lowest BCUT2D eigenvalue weighted by Gasteiger charge is -2.12. The van der Waals surface area contributed by atoms with Crippen LogP contribution in [-0.4, -0.2) is 34.6 Å². The van der Waals surface area contributed by atoms with Gasteiger partial charge in [-0.15, -0.1) is 0 Å². The summed E-state index contributed by atoms with van der Waals surface area (Å²) in [5, 5.41) is 3.16. The molecule has 0 saturated heterocycles. The molecule has 0 aliphatic heterocycles. The Bertz CT molecular complexity index is 916. The molecule has 0 atom stereocenters. The third kappa shape index (κ3) is 6.10. The molecule has 0 aromatic heterocycles. The van der Waals surface area contributed by atoms with E-state index in [1.54, 1.807) is 38.3 Å². The van der Waals surface area contributed by atoms with Crippen molar-refractivity contribution >= 4 is 44.8 Å². The van der Waals surface area contributed by atoms with Crippen molar-refractivity contribution in [1.82, 2.24) is 5.32 Å². The Morgan fingerprint density at radius 2 is 1.78 bits per heavy atom. The SMILES string of the molecule is COCCNC(=O)Cc1ccc(NS(=O)(=O)c2cc(C)c(Cl)cc2Cl)cc1. The van der Waals surface area contributed by atoms with Crippen LogP contribution >= 0.6 is 23.2 Å². The third-order valence-corrected chi connectivity index (χ3v) is 5.96. The number of benzene rings is 2. The zero-order valence-electron chi connectivity index (χ0n) is 14.9. The highest BCUT2D eigenvalue weighted by Crippen LogP contribution is 2.29. The number of aryl methyl sites for hydroxylation is 1. The van der Waals surface area contributed by atoms with E-state index in [1.165, 1.54) is 12.1 Å². The molecule has 0 aliphatic rings. The minimum Gasteiger partial charge on any atom is -0.383 e. The standard InChI is InChI=1S/C18H20Cl2N2O4S/c1-12-9-17(16(20)11-15(12)19)27(24,25)22-14-5-3-13(4-6-14)10-18(23)21-7-8-26-2/h3-6,9,11,22H,7-8,10H2,1-2H3,(H,21,23). The average molecular weight is 431 g/mol. The first kappa shape index (κ1) is 21.5. The van der Waals surface area contributed by atoms with Gasteiger partial charge in [0, 0.05) is 24.4 Å². The smallest absolute Gasteiger partial charge is 0.263 e. The second kappa shape index (κ2) is 9.41. The molecule has 146 valence electrons. The van der Waals surface area contributed by atoms with Crippen LogP contribution in [0.5, 0.6) is 0 Å². The highest BCUT2D eigenvalue weighted by molar-refractivity contribution is 7.92. The second-order valence-corrected chi connectivity index (χ2v) is 8.32. The normalized spacial score (nSPS) is 11.3. The van der Waals surface area contributed by atoms with Gasteiger partial charge in [0.1, 0.15) is 4.90 Å². The van der Waals surface area contributed by atoms with Crippen LogP contribution in [0.4, 0.5) is 5.69 Å². The Labute approximate surface area is 168 Å². The quantitative estimate of drug-likeness (QED) is 0.628. The van der Waals surface area contributed by atoms with E-state index < -0.39 is 10.0 Å². The maximum absolute atomic E-state index is 12.6. The molecule has 0 fully saturated rings. The molecule has 6 nitrogen and oxygen atoms in total. The molecule has 0 unspecified atom stereocenters. The van der Waals surface area contributed by atoms with Crippen molar-refractivity contribution in [2.45, 2.75) is 18.2 Å². The average Bonchev–Trinajstić information content (AvgIpc) is 2.59. The molecule has 1 amide bonds. The molecule has 0 spiro atoms. The van der Waals surface area contributed by atoms with Crippen LogP contribution in [0.25, 0.3) is 0 Å². The third-order valence-electron chi connectivity index (χ3n) is 3.70. The van der Waals surface area contributed by atoms with Crippen molar-refractivity contribution in [2.24, 2.45) is 0 Å². The van der Waals surface area contributed by atoms with Gasteiger partial charge in [0.05, 0.1) is 18.1 Å². The molecule has 0 aliphatic carbocycles. The van der Waals surface area contributed by atoms with E-state index in [2.05, 4.69) is 10.0 Å². The van der Waals surface area contributed by atoms with Gasteiger partial charge in [-0.2, -0.15) is 0 Å². The van der Waals surface area contributed by atoms with Gasteiger partial charge < -0.3 is 10.1 Å². The molecule has 2 N–H and O–H groups in total. The summed E-state index contributed by atoms with van der Waals surface area (Å²) in [5.74, 6) is -0.135. The monoisotopic (exact) mass is 430 g/mol. The van der Waals surface area contributed by atoms with Gasteiger partial charge in [0.2, 0.25) is 5.91 Å². The highest BCUT2D eigenvalue weighted by Gasteiger charge is 2.19. The fourth-order valence-corrected chi connectivity index (χ4v) is 4.17. The number of sulfonamides is 1. The molecule has 0 heterocycles. The van der Waals surface area contributed by atoms with Crippen molar-refractivity contribution < 1.29 is 17.9 Å². The van der Waals surface area contributed by atoms with Gasteiger partial charge in [-0.05, 0) is 42.3 Å². The van der Waals surface area contributed by atoms with Gasteiger partial charge in [-0.1, -0.05) is 35.3 Å². The summed E-state index contributed by atoms with van der Waals surface area (Å²) >= 11 is 12.0. The number of nitrogens with one attached hydrogen (secondary N) is 2. The van der Waals surface area contributed by atoms with Crippen LogP contribution < -0.4 is 10.0 Å². The zero-order valence-corrected chi connectivity index (χ0v) is 17.2. The minimum atomic E-state index is -3.87. The molecule has 27 heavy (non-hydrogen) atoms. The summed E-state index contributed by atoms with van der Waals surface area (Å²) in [5.41, 5.74) is 1.73. The summed E-state index contributed by atoms with van der Waals surface area (Å²) in [6.07, 6.45) is 0.193. The van der Waals surface area contributed by atoms with Gasteiger partial charge in [0.15, 0.2) is 0 Å². The van der Waals surface area contributed by atoms with E-state index in [-0.39, 0.29) is 22.2 Å². The zero-order chi connectivity index (χ0) is 20.0. The topological polar surface area (TPSA) is 84.5 Å². The lowest BCUT2D eigenvalue weighted by molar-refractivity contribution is -0.120. The number of rotatable bonds is 8. The first-order valence-electron chi connectivity index (χ1n) is 8.06. The van der Waals surface area contributed by atoms with E-state index in [4.69, 9.17) is 27.9 Å². The van der Waals surface area contributed by atoms with Crippen molar-refractivity contribution in [3.8, 4) is 0 Å². The van der Waals surface area contributed by atoms with Gasteiger partial charge in [-0.3, -0.25) is 9.52 Å². The predicted octanol–water partition coefficient (Wildman–Crippen LogP) is 3.41. The van der Waals surface area contributed by atoms with Crippen LogP contribution in [0, 0.1) is 6.92 Å². The Balaban J connectivity index is 2.07. The summed E-state index contributed by atoms with van der Waals surface area (Å²) in [7, 11) is -2.31. The number of halogens is 2. The number of ether oxygens (including phenoxy) is 1. The predicted molar refractivity (Wildman–Crippen MR) is 107 cm³/mol. The second-order valence-electron chi connectivity index (χ2n) is 5.85. The Morgan fingerprint density at radius 1 is 1.11 bits per heavy atom. The van der Waals surface area contributed by atoms with Crippen LogP contribution in [0.3, 0.4) is 0 Å². The van der Waals surface area contributed by atoms with Gasteiger partial charge >= 0.3 is 0 Å². The molecule has 2 aromatic rings. The Hall–Kier alpha value is -1.80. The van der Waals surface area contributed by atoms with E-state index >= 15 is 0 Å². The highest BCUT2D eigenvalue weighted by atomic mass is 35.5. The number of methoxy groups -OCH3 is 1. The van der Waals surface area contributed by atoms with Crippen molar-refractivity contribution in [3.63, 3.8) is 0 Å². The fraction of sp³-hybridized carbons (Fsp3) is 0.278. The van der Waals surface area contributed by atoms with Crippen molar-refractivity contribution in [3.05, 3.63) is 57.6 Å². The summed E-state index contributed by atoms with van der Waals surface area (Å²) in [6, 6.07) is 9.37. The Morgan fingerprint density at radius 3 is 2.41 bits per heavy atom. The van der Waals surface area contributed by atoms with Crippen LogP contribution in [0.15, 0.2) is 41.3 Å². The minimum absolute atomic E-state index is 0.0439. The van der Waals surface area contributed by atoms with Crippen LogP contribution in [0.1, 0.15) is 11.1 Å². The lowest BCUT2D eigenvalue weighted by Crippen LogP contribution is -2.28. The van der Waals surface area contributed by atoms with Crippen molar-refractivity contribution in [2.75, 3.05) is 25.0 Å². The number of carbonyl (C=O) groups excluding carboxylic acids is 1. The largest absolute Gasteiger partial charge is 0.383 e. The van der Waals surface area contributed by atoms with E-state index in [9.17, 15) is 13.2 Å². The van der Waals surface area contributed by atoms with Crippen LogP contribution in [0.2, 0.25) is 10.0 Å². The number of anilines is 1. The first-order chi connectivity index (χ1) is 12.7. The summed E-state index contributed by atoms with van der Waals surface area (Å²) in [4.78, 5) is 11.7. The molecule has 0 saturated carbocycles. The number of amides is 1. The number of hydrogen-bond donors (Lipinski definition) is 2.